The van der Waals surface area contributed by atoms with E-state index in [2.05, 4.69) is 69.4 Å². The van der Waals surface area contributed by atoms with Crippen LogP contribution in [0.2, 0.25) is 0 Å². The molecule has 0 N–H and O–H groups in total. The number of methoxy groups -OCH3 is 1. The lowest BCUT2D eigenvalue weighted by molar-refractivity contribution is -0.139. The minimum atomic E-state index is -0.204. The Balaban J connectivity index is 1.38. The molecule has 0 aliphatic carbocycles. The number of rotatable bonds is 7. The molecule has 0 spiro atoms. The maximum Gasteiger partial charge on any atom is 0.309 e. The number of hydrogen-bond acceptors (Lipinski definition) is 5. The summed E-state index contributed by atoms with van der Waals surface area (Å²) in [6, 6.07) is 25.3. The molecule has 0 radical (unpaired) electrons. The SMILES string of the molecule is COC(=O)Cc1ccc(CN2CCN(C(c3ccccc3)c3ccccn3)CC2)cc1. The summed E-state index contributed by atoms with van der Waals surface area (Å²) >= 11 is 0. The Bertz CT molecular complexity index is 913. The monoisotopic (exact) mass is 415 g/mol. The largest absolute Gasteiger partial charge is 0.469 e. The predicted molar refractivity (Wildman–Crippen MR) is 122 cm³/mol. The highest BCUT2D eigenvalue weighted by molar-refractivity contribution is 5.72. The number of carbonyl (C=O) groups is 1. The first-order chi connectivity index (χ1) is 15.2. The highest BCUT2D eigenvalue weighted by atomic mass is 16.5. The summed E-state index contributed by atoms with van der Waals surface area (Å²) in [5.41, 5.74) is 4.65. The van der Waals surface area contributed by atoms with E-state index >= 15 is 0 Å². The first kappa shape index (κ1) is 21.2. The Morgan fingerprint density at radius 2 is 1.58 bits per heavy atom. The van der Waals surface area contributed by atoms with Gasteiger partial charge in [-0.1, -0.05) is 60.7 Å². The van der Waals surface area contributed by atoms with Crippen molar-refractivity contribution in [1.29, 1.82) is 0 Å². The van der Waals surface area contributed by atoms with Gasteiger partial charge >= 0.3 is 5.97 Å². The maximum absolute atomic E-state index is 11.4. The molecule has 160 valence electrons. The standard InChI is InChI=1S/C26H29N3O2/c1-31-25(30)19-21-10-12-22(13-11-21)20-28-15-17-29(18-16-28)26(23-7-3-2-4-8-23)24-9-5-6-14-27-24/h2-14,26H,15-20H2,1H3. The van der Waals surface area contributed by atoms with E-state index in [9.17, 15) is 4.79 Å². The van der Waals surface area contributed by atoms with Gasteiger partial charge in [0.1, 0.15) is 0 Å². The zero-order valence-electron chi connectivity index (χ0n) is 18.0. The highest BCUT2D eigenvalue weighted by Crippen LogP contribution is 2.28. The molecular weight excluding hydrogens is 386 g/mol. The third-order valence-corrected chi connectivity index (χ3v) is 5.86. The lowest BCUT2D eigenvalue weighted by Gasteiger charge is -2.39. The van der Waals surface area contributed by atoms with E-state index in [1.165, 1.54) is 18.2 Å². The summed E-state index contributed by atoms with van der Waals surface area (Å²) in [7, 11) is 1.42. The van der Waals surface area contributed by atoms with Crippen molar-refractivity contribution in [3.05, 3.63) is 101 Å². The Labute approximate surface area is 184 Å². The zero-order chi connectivity index (χ0) is 21.5. The Morgan fingerprint density at radius 3 is 2.23 bits per heavy atom. The quantitative estimate of drug-likeness (QED) is 0.551. The molecule has 1 atom stereocenters. The lowest BCUT2D eigenvalue weighted by atomic mass is 10.0. The minimum absolute atomic E-state index is 0.183. The van der Waals surface area contributed by atoms with E-state index < -0.39 is 0 Å². The average molecular weight is 416 g/mol. The van der Waals surface area contributed by atoms with Crippen LogP contribution in [-0.2, 0) is 22.5 Å². The van der Waals surface area contributed by atoms with Crippen LogP contribution in [0.4, 0.5) is 0 Å². The highest BCUT2D eigenvalue weighted by Gasteiger charge is 2.27. The van der Waals surface area contributed by atoms with Gasteiger partial charge in [-0.3, -0.25) is 19.6 Å². The van der Waals surface area contributed by atoms with Gasteiger partial charge in [0.05, 0.1) is 25.3 Å². The van der Waals surface area contributed by atoms with Gasteiger partial charge in [-0.25, -0.2) is 0 Å². The van der Waals surface area contributed by atoms with Crippen molar-refractivity contribution in [2.24, 2.45) is 0 Å². The summed E-state index contributed by atoms with van der Waals surface area (Å²) in [6.07, 6.45) is 2.20. The van der Waals surface area contributed by atoms with E-state index in [0.717, 1.165) is 44.0 Å². The molecule has 0 saturated carbocycles. The molecule has 2 heterocycles. The number of pyridine rings is 1. The molecule has 2 aromatic carbocycles. The van der Waals surface area contributed by atoms with Crippen LogP contribution in [0.15, 0.2) is 79.0 Å². The molecule has 1 aromatic heterocycles. The number of piperazine rings is 1. The van der Waals surface area contributed by atoms with E-state index in [-0.39, 0.29) is 12.0 Å². The summed E-state index contributed by atoms with van der Waals surface area (Å²) in [4.78, 5) is 21.1. The lowest BCUT2D eigenvalue weighted by Crippen LogP contribution is -2.47. The second-order valence-electron chi connectivity index (χ2n) is 7.95. The first-order valence-corrected chi connectivity index (χ1v) is 10.8. The van der Waals surface area contributed by atoms with Crippen molar-refractivity contribution < 1.29 is 9.53 Å². The van der Waals surface area contributed by atoms with Crippen LogP contribution in [0.1, 0.15) is 28.4 Å². The molecule has 1 saturated heterocycles. The molecule has 1 aliphatic heterocycles. The van der Waals surface area contributed by atoms with Gasteiger partial charge in [0, 0.05) is 38.9 Å². The molecular formula is C26H29N3O2. The summed E-state index contributed by atoms with van der Waals surface area (Å²) < 4.78 is 4.74. The molecule has 5 nitrogen and oxygen atoms in total. The van der Waals surface area contributed by atoms with Crippen LogP contribution in [0, 0.1) is 0 Å². The van der Waals surface area contributed by atoms with Crippen LogP contribution in [0.25, 0.3) is 0 Å². The minimum Gasteiger partial charge on any atom is -0.469 e. The molecule has 1 unspecified atom stereocenters. The van der Waals surface area contributed by atoms with E-state index in [0.29, 0.717) is 6.42 Å². The Morgan fingerprint density at radius 1 is 0.903 bits per heavy atom. The fraction of sp³-hybridized carbons (Fsp3) is 0.308. The summed E-state index contributed by atoms with van der Waals surface area (Å²) in [6.45, 7) is 4.94. The number of carbonyl (C=O) groups excluding carboxylic acids is 1. The smallest absolute Gasteiger partial charge is 0.309 e. The maximum atomic E-state index is 11.4. The van der Waals surface area contributed by atoms with Crippen LogP contribution < -0.4 is 0 Å². The third kappa shape index (κ3) is 5.57. The normalized spacial score (nSPS) is 16.0. The molecule has 1 fully saturated rings. The summed E-state index contributed by atoms with van der Waals surface area (Å²) in [5.74, 6) is -0.204. The number of nitrogens with zero attached hydrogens (tertiary/aromatic N) is 3. The number of esters is 1. The molecule has 31 heavy (non-hydrogen) atoms. The topological polar surface area (TPSA) is 45.7 Å². The van der Waals surface area contributed by atoms with Gasteiger partial charge in [0.2, 0.25) is 0 Å². The third-order valence-electron chi connectivity index (χ3n) is 5.86. The van der Waals surface area contributed by atoms with Gasteiger partial charge < -0.3 is 4.74 Å². The fourth-order valence-corrected chi connectivity index (χ4v) is 4.18. The number of hydrogen-bond donors (Lipinski definition) is 0. The molecule has 0 bridgehead atoms. The van der Waals surface area contributed by atoms with E-state index in [1.807, 2.05) is 24.4 Å². The van der Waals surface area contributed by atoms with Gasteiger partial charge in [0.15, 0.2) is 0 Å². The second-order valence-corrected chi connectivity index (χ2v) is 7.95. The van der Waals surface area contributed by atoms with Gasteiger partial charge in [-0.15, -0.1) is 0 Å². The average Bonchev–Trinajstić information content (AvgIpc) is 2.83. The molecule has 5 heteroatoms. The molecule has 4 rings (SSSR count). The number of benzene rings is 2. The zero-order valence-corrected chi connectivity index (χ0v) is 18.0. The van der Waals surface area contributed by atoms with Gasteiger partial charge in [-0.2, -0.15) is 0 Å². The van der Waals surface area contributed by atoms with Crippen molar-refractivity contribution in [2.45, 2.75) is 19.0 Å². The first-order valence-electron chi connectivity index (χ1n) is 10.8. The molecule has 3 aromatic rings. The van der Waals surface area contributed by atoms with E-state index in [1.54, 1.807) is 0 Å². The van der Waals surface area contributed by atoms with Crippen LogP contribution >= 0.6 is 0 Å². The molecule has 1 aliphatic rings. The predicted octanol–water partition coefficient (Wildman–Crippen LogP) is 3.70. The van der Waals surface area contributed by atoms with Gasteiger partial charge in [-0.05, 0) is 28.8 Å². The van der Waals surface area contributed by atoms with Crippen LogP contribution in [0.5, 0.6) is 0 Å². The van der Waals surface area contributed by atoms with Crippen LogP contribution in [0.3, 0.4) is 0 Å². The Hall–Kier alpha value is -3.02. The van der Waals surface area contributed by atoms with Crippen LogP contribution in [-0.4, -0.2) is 54.0 Å². The van der Waals surface area contributed by atoms with Gasteiger partial charge in [0.25, 0.3) is 0 Å². The van der Waals surface area contributed by atoms with E-state index in [4.69, 9.17) is 4.74 Å². The fourth-order valence-electron chi connectivity index (χ4n) is 4.18. The number of ether oxygens (including phenoxy) is 1. The second kappa shape index (κ2) is 10.3. The van der Waals surface area contributed by atoms with Crippen molar-refractivity contribution in [1.82, 2.24) is 14.8 Å². The van der Waals surface area contributed by atoms with Crippen molar-refractivity contribution in [2.75, 3.05) is 33.3 Å². The number of aromatic nitrogens is 1. The van der Waals surface area contributed by atoms with Crippen molar-refractivity contribution in [3.63, 3.8) is 0 Å². The van der Waals surface area contributed by atoms with Crippen molar-refractivity contribution >= 4 is 5.97 Å². The van der Waals surface area contributed by atoms with Crippen molar-refractivity contribution in [3.8, 4) is 0 Å². The summed E-state index contributed by atoms with van der Waals surface area (Å²) in [5, 5.41) is 0. The molecule has 0 amide bonds. The Kier molecular flexibility index (Phi) is 7.07.